The first kappa shape index (κ1) is 15.8. The number of allylic oxidation sites excluding steroid dienone is 1. The Morgan fingerprint density at radius 1 is 1.00 bits per heavy atom. The molecule has 0 unspecified atom stereocenters. The second kappa shape index (κ2) is 6.47. The molecule has 2 nitrogen and oxygen atoms in total. The van der Waals surface area contributed by atoms with Crippen molar-refractivity contribution in [1.29, 1.82) is 0 Å². The van der Waals surface area contributed by atoms with Crippen LogP contribution in [0.1, 0.15) is 21.5 Å². The highest BCUT2D eigenvalue weighted by atomic mass is 19.4. The fourth-order valence-electron chi connectivity index (χ4n) is 1.78. The molecule has 0 aliphatic rings. The topological polar surface area (TPSA) is 29.1 Å². The van der Waals surface area contributed by atoms with Crippen LogP contribution < -0.4 is 5.32 Å². The number of hydrogen-bond donors (Lipinski definition) is 1. The highest BCUT2D eigenvalue weighted by molar-refractivity contribution is 6.04. The van der Waals surface area contributed by atoms with Crippen LogP contribution in [0.5, 0.6) is 0 Å². The number of nitrogens with one attached hydrogen (secondary N) is 1. The van der Waals surface area contributed by atoms with Crippen LogP contribution in [0.4, 0.5) is 18.9 Å². The van der Waals surface area contributed by atoms with E-state index in [0.29, 0.717) is 11.3 Å². The van der Waals surface area contributed by atoms with Gasteiger partial charge in [-0.25, -0.2) is 0 Å². The summed E-state index contributed by atoms with van der Waals surface area (Å²) < 4.78 is 37.2. The van der Waals surface area contributed by atoms with Crippen LogP contribution in [0.25, 0.3) is 0 Å². The average molecular weight is 305 g/mol. The van der Waals surface area contributed by atoms with Crippen molar-refractivity contribution in [3.05, 3.63) is 77.5 Å². The summed E-state index contributed by atoms with van der Waals surface area (Å²) in [5.74, 6) is -0.181. The van der Waals surface area contributed by atoms with Gasteiger partial charge in [-0.15, -0.1) is 0 Å². The number of anilines is 1. The van der Waals surface area contributed by atoms with E-state index in [-0.39, 0.29) is 5.78 Å². The number of aryl methyl sites for hydroxylation is 1. The third-order valence-corrected chi connectivity index (χ3v) is 3.03. The number of carbonyl (C=O) groups is 1. The van der Waals surface area contributed by atoms with Gasteiger partial charge in [0, 0.05) is 23.5 Å². The van der Waals surface area contributed by atoms with Gasteiger partial charge in [-0.2, -0.15) is 13.2 Å². The van der Waals surface area contributed by atoms with E-state index in [0.717, 1.165) is 17.7 Å². The quantitative estimate of drug-likeness (QED) is 0.648. The molecule has 0 radical (unpaired) electrons. The molecule has 0 fully saturated rings. The molecule has 5 heteroatoms. The molecule has 0 spiro atoms. The molecule has 0 aromatic heterocycles. The van der Waals surface area contributed by atoms with Gasteiger partial charge in [0.15, 0.2) is 5.78 Å². The minimum absolute atomic E-state index is 0.181. The first-order valence-corrected chi connectivity index (χ1v) is 6.57. The molecule has 0 atom stereocenters. The summed E-state index contributed by atoms with van der Waals surface area (Å²) in [5.41, 5.74) is 1.37. The van der Waals surface area contributed by atoms with Gasteiger partial charge in [-0.1, -0.05) is 29.8 Å². The van der Waals surface area contributed by atoms with Crippen LogP contribution in [-0.4, -0.2) is 5.78 Å². The molecule has 22 heavy (non-hydrogen) atoms. The van der Waals surface area contributed by atoms with Crippen molar-refractivity contribution >= 4 is 11.5 Å². The lowest BCUT2D eigenvalue weighted by Crippen LogP contribution is -2.04. The molecule has 114 valence electrons. The number of hydrogen-bond acceptors (Lipinski definition) is 2. The van der Waals surface area contributed by atoms with Crippen LogP contribution in [-0.2, 0) is 6.18 Å². The summed E-state index contributed by atoms with van der Waals surface area (Å²) in [7, 11) is 0. The Kier molecular flexibility index (Phi) is 4.65. The van der Waals surface area contributed by atoms with Crippen molar-refractivity contribution < 1.29 is 18.0 Å². The lowest BCUT2D eigenvalue weighted by Gasteiger charge is -2.07. The van der Waals surface area contributed by atoms with Gasteiger partial charge in [0.1, 0.15) is 0 Å². The van der Waals surface area contributed by atoms with Gasteiger partial charge in [-0.3, -0.25) is 4.79 Å². The zero-order valence-corrected chi connectivity index (χ0v) is 11.8. The largest absolute Gasteiger partial charge is 0.416 e. The Bertz CT molecular complexity index is 671. The van der Waals surface area contributed by atoms with Crippen molar-refractivity contribution in [2.45, 2.75) is 13.1 Å². The Labute approximate surface area is 126 Å². The van der Waals surface area contributed by atoms with Gasteiger partial charge in [0.05, 0.1) is 5.56 Å². The van der Waals surface area contributed by atoms with E-state index in [1.165, 1.54) is 24.4 Å². The molecule has 1 N–H and O–H groups in total. The van der Waals surface area contributed by atoms with E-state index in [2.05, 4.69) is 5.32 Å². The van der Waals surface area contributed by atoms with Gasteiger partial charge < -0.3 is 5.32 Å². The number of alkyl halides is 3. The summed E-state index contributed by atoms with van der Waals surface area (Å²) in [4.78, 5) is 11.9. The summed E-state index contributed by atoms with van der Waals surface area (Å²) in [6, 6.07) is 11.7. The minimum atomic E-state index is -4.35. The molecule has 2 aromatic carbocycles. The van der Waals surface area contributed by atoms with Crippen LogP contribution in [0.3, 0.4) is 0 Å². The molecule has 2 rings (SSSR count). The lowest BCUT2D eigenvalue weighted by atomic mass is 10.1. The molecular formula is C17H14F3NO. The number of ketones is 1. The van der Waals surface area contributed by atoms with Crippen molar-refractivity contribution in [1.82, 2.24) is 0 Å². The summed E-state index contributed by atoms with van der Waals surface area (Å²) >= 11 is 0. The van der Waals surface area contributed by atoms with E-state index in [9.17, 15) is 18.0 Å². The summed E-state index contributed by atoms with van der Waals surface area (Å²) in [5, 5.41) is 2.77. The van der Waals surface area contributed by atoms with E-state index in [1.807, 2.05) is 19.1 Å². The highest BCUT2D eigenvalue weighted by Gasteiger charge is 2.29. The van der Waals surface area contributed by atoms with Crippen LogP contribution in [0.2, 0.25) is 0 Å². The van der Waals surface area contributed by atoms with E-state index in [1.54, 1.807) is 12.1 Å². The predicted octanol–water partition coefficient (Wildman–Crippen LogP) is 4.82. The molecular weight excluding hydrogens is 291 g/mol. The number of benzene rings is 2. The van der Waals surface area contributed by atoms with Gasteiger partial charge in [0.25, 0.3) is 0 Å². The normalized spacial score (nSPS) is 11.6. The Morgan fingerprint density at radius 3 is 2.14 bits per heavy atom. The van der Waals surface area contributed by atoms with Crippen molar-refractivity contribution in [3.63, 3.8) is 0 Å². The Morgan fingerprint density at radius 2 is 1.59 bits per heavy atom. The van der Waals surface area contributed by atoms with E-state index < -0.39 is 11.7 Å². The van der Waals surface area contributed by atoms with Crippen LogP contribution in [0.15, 0.2) is 60.8 Å². The van der Waals surface area contributed by atoms with Gasteiger partial charge >= 0.3 is 6.18 Å². The second-order valence-electron chi connectivity index (χ2n) is 4.78. The molecule has 0 saturated heterocycles. The lowest BCUT2D eigenvalue weighted by molar-refractivity contribution is -0.137. The monoisotopic (exact) mass is 305 g/mol. The van der Waals surface area contributed by atoms with Crippen molar-refractivity contribution in [2.75, 3.05) is 5.32 Å². The zero-order chi connectivity index (χ0) is 16.2. The smallest absolute Gasteiger partial charge is 0.362 e. The molecule has 0 aliphatic carbocycles. The van der Waals surface area contributed by atoms with Crippen LogP contribution >= 0.6 is 0 Å². The number of rotatable bonds is 4. The predicted molar refractivity (Wildman–Crippen MR) is 79.7 cm³/mol. The highest BCUT2D eigenvalue weighted by Crippen LogP contribution is 2.29. The molecule has 0 heterocycles. The standard InChI is InChI=1S/C17H14F3NO/c1-12-2-4-13(5-3-12)16(22)10-11-21-15-8-6-14(7-9-15)17(18,19)20/h2-11,21H,1H3/b11-10-. The second-order valence-corrected chi connectivity index (χ2v) is 4.78. The summed E-state index contributed by atoms with van der Waals surface area (Å²) in [6.07, 6.45) is -1.61. The third kappa shape index (κ3) is 4.22. The molecule has 0 aliphatic heterocycles. The van der Waals surface area contributed by atoms with Crippen molar-refractivity contribution in [2.24, 2.45) is 0 Å². The first-order chi connectivity index (χ1) is 10.4. The maximum Gasteiger partial charge on any atom is 0.416 e. The fourth-order valence-corrected chi connectivity index (χ4v) is 1.78. The summed E-state index contributed by atoms with van der Waals surface area (Å²) in [6.45, 7) is 1.93. The molecule has 2 aromatic rings. The van der Waals surface area contributed by atoms with Gasteiger partial charge in [-0.05, 0) is 31.2 Å². The number of halogens is 3. The van der Waals surface area contributed by atoms with Crippen molar-refractivity contribution in [3.8, 4) is 0 Å². The number of carbonyl (C=O) groups excluding carboxylic acids is 1. The SMILES string of the molecule is Cc1ccc(C(=O)/C=C\Nc2ccc(C(F)(F)F)cc2)cc1. The van der Waals surface area contributed by atoms with E-state index >= 15 is 0 Å². The average Bonchev–Trinajstić information content (AvgIpc) is 2.47. The maximum absolute atomic E-state index is 12.4. The van der Waals surface area contributed by atoms with E-state index in [4.69, 9.17) is 0 Å². The third-order valence-electron chi connectivity index (χ3n) is 3.03. The van der Waals surface area contributed by atoms with Gasteiger partial charge in [0.2, 0.25) is 0 Å². The fraction of sp³-hybridized carbons (Fsp3) is 0.118. The zero-order valence-electron chi connectivity index (χ0n) is 11.8. The molecule has 0 saturated carbocycles. The Hall–Kier alpha value is -2.56. The molecule has 0 amide bonds. The minimum Gasteiger partial charge on any atom is -0.362 e. The first-order valence-electron chi connectivity index (χ1n) is 6.57. The Balaban J connectivity index is 1.97. The van der Waals surface area contributed by atoms with Crippen LogP contribution in [0, 0.1) is 6.92 Å². The molecule has 0 bridgehead atoms. The maximum atomic E-state index is 12.4.